The second-order valence-corrected chi connectivity index (χ2v) is 3.43. The number of esters is 1. The number of carbonyl (C=O) groups excluding carboxylic acids is 1. The van der Waals surface area contributed by atoms with Crippen molar-refractivity contribution in [1.29, 1.82) is 0 Å². The molecule has 17 heavy (non-hydrogen) atoms. The minimum absolute atomic E-state index is 0.165. The van der Waals surface area contributed by atoms with Crippen molar-refractivity contribution in [2.24, 2.45) is 0 Å². The van der Waals surface area contributed by atoms with E-state index in [9.17, 15) is 4.79 Å². The van der Waals surface area contributed by atoms with E-state index >= 15 is 0 Å². The van der Waals surface area contributed by atoms with Gasteiger partial charge >= 0.3 is 5.97 Å². The van der Waals surface area contributed by atoms with E-state index in [-0.39, 0.29) is 5.95 Å². The lowest BCUT2D eigenvalue weighted by molar-refractivity contribution is -0.142. The van der Waals surface area contributed by atoms with Crippen LogP contribution in [0.15, 0.2) is 53.1 Å². The van der Waals surface area contributed by atoms with Crippen molar-refractivity contribution in [3.8, 4) is 11.7 Å². The number of benzene rings is 1. The molecule has 1 atom stereocenters. The Morgan fingerprint density at radius 2 is 1.94 bits per heavy atom. The quantitative estimate of drug-likeness (QED) is 0.760. The third-order valence-corrected chi connectivity index (χ3v) is 2.08. The first-order valence-corrected chi connectivity index (χ1v) is 5.22. The van der Waals surface area contributed by atoms with Crippen LogP contribution in [0.4, 0.5) is 0 Å². The minimum Gasteiger partial charge on any atom is -0.479 e. The van der Waals surface area contributed by atoms with Gasteiger partial charge in [-0.05, 0) is 25.1 Å². The zero-order chi connectivity index (χ0) is 12.1. The Morgan fingerprint density at radius 3 is 2.59 bits per heavy atom. The summed E-state index contributed by atoms with van der Waals surface area (Å²) in [6, 6.07) is 12.3. The molecule has 0 amide bonds. The van der Waals surface area contributed by atoms with E-state index < -0.39 is 12.1 Å². The zero-order valence-corrected chi connectivity index (χ0v) is 9.33. The summed E-state index contributed by atoms with van der Waals surface area (Å²) >= 11 is 0. The molecule has 0 saturated heterocycles. The number of hydrogen-bond donors (Lipinski definition) is 0. The van der Waals surface area contributed by atoms with Gasteiger partial charge in [-0.15, -0.1) is 0 Å². The molecule has 0 aliphatic carbocycles. The van der Waals surface area contributed by atoms with Crippen LogP contribution in [0, 0.1) is 0 Å². The maximum atomic E-state index is 11.6. The first-order chi connectivity index (χ1) is 8.25. The molecule has 0 aliphatic rings. The smallest absolute Gasteiger partial charge is 0.354 e. The molecule has 1 aromatic carbocycles. The molecule has 0 radical (unpaired) electrons. The van der Waals surface area contributed by atoms with Crippen LogP contribution in [0.25, 0.3) is 0 Å². The van der Waals surface area contributed by atoms with Gasteiger partial charge in [-0.1, -0.05) is 18.2 Å². The molecular formula is C13H12O4. The first-order valence-electron chi connectivity index (χ1n) is 5.22. The molecule has 0 bridgehead atoms. The van der Waals surface area contributed by atoms with Gasteiger partial charge in [0, 0.05) is 6.07 Å². The molecule has 0 aliphatic heterocycles. The van der Waals surface area contributed by atoms with Crippen LogP contribution in [0.5, 0.6) is 11.7 Å². The fourth-order valence-corrected chi connectivity index (χ4v) is 1.25. The highest BCUT2D eigenvalue weighted by Crippen LogP contribution is 2.14. The molecule has 0 saturated carbocycles. The fraction of sp³-hybridized carbons (Fsp3) is 0.154. The van der Waals surface area contributed by atoms with Gasteiger partial charge in [0.25, 0.3) is 5.95 Å². The summed E-state index contributed by atoms with van der Waals surface area (Å²) in [4.78, 5) is 11.6. The summed E-state index contributed by atoms with van der Waals surface area (Å²) in [5.74, 6) is 0.290. The van der Waals surface area contributed by atoms with Crippen LogP contribution in [0.3, 0.4) is 0 Å². The van der Waals surface area contributed by atoms with Crippen molar-refractivity contribution in [2.45, 2.75) is 13.0 Å². The summed E-state index contributed by atoms with van der Waals surface area (Å²) in [6.07, 6.45) is 0.744. The highest BCUT2D eigenvalue weighted by Gasteiger charge is 2.18. The summed E-state index contributed by atoms with van der Waals surface area (Å²) < 4.78 is 15.3. The minimum atomic E-state index is -0.692. The third kappa shape index (κ3) is 3.11. The standard InChI is InChI=1S/C13H12O4/c1-10(16-11-6-3-2-4-7-11)13(14)17-12-8-5-9-15-12/h2-10H,1H3. The van der Waals surface area contributed by atoms with Gasteiger partial charge in [0.05, 0.1) is 6.26 Å². The van der Waals surface area contributed by atoms with Crippen molar-refractivity contribution < 1.29 is 18.7 Å². The van der Waals surface area contributed by atoms with Crippen LogP contribution < -0.4 is 9.47 Å². The molecule has 2 aromatic rings. The van der Waals surface area contributed by atoms with Gasteiger partial charge < -0.3 is 13.9 Å². The maximum Gasteiger partial charge on any atom is 0.354 e. The number of ether oxygens (including phenoxy) is 2. The van der Waals surface area contributed by atoms with E-state index in [0.29, 0.717) is 5.75 Å². The van der Waals surface area contributed by atoms with E-state index in [0.717, 1.165) is 0 Å². The van der Waals surface area contributed by atoms with Crippen LogP contribution in [-0.2, 0) is 4.79 Å². The molecular weight excluding hydrogens is 220 g/mol. The molecule has 0 N–H and O–H groups in total. The van der Waals surface area contributed by atoms with Crippen LogP contribution in [0.2, 0.25) is 0 Å². The van der Waals surface area contributed by atoms with Crippen molar-refractivity contribution in [2.75, 3.05) is 0 Å². The van der Waals surface area contributed by atoms with E-state index in [2.05, 4.69) is 0 Å². The van der Waals surface area contributed by atoms with Gasteiger partial charge in [0.15, 0.2) is 6.10 Å². The molecule has 4 nitrogen and oxygen atoms in total. The van der Waals surface area contributed by atoms with Gasteiger partial charge in [-0.3, -0.25) is 0 Å². The van der Waals surface area contributed by atoms with Crippen LogP contribution in [-0.4, -0.2) is 12.1 Å². The number of hydrogen-bond acceptors (Lipinski definition) is 4. The zero-order valence-electron chi connectivity index (χ0n) is 9.33. The predicted octanol–water partition coefficient (Wildman–Crippen LogP) is 2.65. The largest absolute Gasteiger partial charge is 0.479 e. The number of rotatable bonds is 4. The topological polar surface area (TPSA) is 48.7 Å². The third-order valence-electron chi connectivity index (χ3n) is 2.08. The van der Waals surface area contributed by atoms with E-state index in [1.807, 2.05) is 18.2 Å². The highest BCUT2D eigenvalue weighted by molar-refractivity contribution is 5.76. The van der Waals surface area contributed by atoms with Crippen molar-refractivity contribution in [1.82, 2.24) is 0 Å². The van der Waals surface area contributed by atoms with E-state index in [1.54, 1.807) is 31.2 Å². The Morgan fingerprint density at radius 1 is 1.18 bits per heavy atom. The number of furan rings is 1. The Kier molecular flexibility index (Phi) is 3.45. The summed E-state index contributed by atoms with van der Waals surface area (Å²) in [5.41, 5.74) is 0. The molecule has 0 spiro atoms. The van der Waals surface area contributed by atoms with E-state index in [1.165, 1.54) is 6.26 Å². The Hall–Kier alpha value is -2.23. The second-order valence-electron chi connectivity index (χ2n) is 3.43. The highest BCUT2D eigenvalue weighted by atomic mass is 16.6. The first kappa shape index (κ1) is 11.3. The SMILES string of the molecule is CC(Oc1ccccc1)C(=O)Oc1ccco1. The van der Waals surface area contributed by atoms with Gasteiger partial charge in [0.1, 0.15) is 5.75 Å². The van der Waals surface area contributed by atoms with E-state index in [4.69, 9.17) is 13.9 Å². The molecule has 4 heteroatoms. The summed E-state index contributed by atoms with van der Waals surface area (Å²) in [5, 5.41) is 0. The normalized spacial score (nSPS) is 11.8. The number of para-hydroxylation sites is 1. The molecule has 1 heterocycles. The average molecular weight is 232 g/mol. The fourth-order valence-electron chi connectivity index (χ4n) is 1.25. The molecule has 2 rings (SSSR count). The Labute approximate surface area is 98.8 Å². The van der Waals surface area contributed by atoms with Gasteiger partial charge in [0.2, 0.25) is 0 Å². The lowest BCUT2D eigenvalue weighted by Crippen LogP contribution is -2.28. The Balaban J connectivity index is 1.92. The van der Waals surface area contributed by atoms with Crippen molar-refractivity contribution in [3.63, 3.8) is 0 Å². The second kappa shape index (κ2) is 5.21. The van der Waals surface area contributed by atoms with Crippen molar-refractivity contribution in [3.05, 3.63) is 48.7 Å². The predicted molar refractivity (Wildman–Crippen MR) is 60.9 cm³/mol. The van der Waals surface area contributed by atoms with Gasteiger partial charge in [-0.25, -0.2) is 4.79 Å². The number of carbonyl (C=O) groups is 1. The summed E-state index contributed by atoms with van der Waals surface area (Å²) in [6.45, 7) is 1.62. The summed E-state index contributed by atoms with van der Waals surface area (Å²) in [7, 11) is 0. The lowest BCUT2D eigenvalue weighted by atomic mass is 10.3. The van der Waals surface area contributed by atoms with Crippen molar-refractivity contribution >= 4 is 5.97 Å². The van der Waals surface area contributed by atoms with Crippen LogP contribution >= 0.6 is 0 Å². The molecule has 88 valence electrons. The monoisotopic (exact) mass is 232 g/mol. The molecule has 1 aromatic heterocycles. The van der Waals surface area contributed by atoms with Crippen LogP contribution in [0.1, 0.15) is 6.92 Å². The molecule has 0 fully saturated rings. The Bertz CT molecular complexity index is 461. The maximum absolute atomic E-state index is 11.6. The van der Waals surface area contributed by atoms with Gasteiger partial charge in [-0.2, -0.15) is 0 Å². The molecule has 1 unspecified atom stereocenters. The average Bonchev–Trinajstić information content (AvgIpc) is 2.83. The lowest BCUT2D eigenvalue weighted by Gasteiger charge is -2.12.